The Labute approximate surface area is 196 Å². The highest BCUT2D eigenvalue weighted by atomic mass is 127. The Hall–Kier alpha value is -0.910. The minimum atomic E-state index is 0. The summed E-state index contributed by atoms with van der Waals surface area (Å²) in [5, 5.41) is 6.88. The lowest BCUT2D eigenvalue weighted by Crippen LogP contribution is -2.46. The summed E-state index contributed by atoms with van der Waals surface area (Å²) in [4.78, 5) is 6.80. The van der Waals surface area contributed by atoms with Crippen LogP contribution in [-0.2, 0) is 4.74 Å². The highest BCUT2D eigenvalue weighted by Crippen LogP contribution is 2.32. The van der Waals surface area contributed by atoms with Crippen molar-refractivity contribution >= 4 is 41.7 Å². The number of benzene rings is 1. The van der Waals surface area contributed by atoms with Crippen LogP contribution in [0.4, 0.5) is 0 Å². The number of hydrogen-bond acceptors (Lipinski definition) is 6. The molecule has 1 aromatic carbocycles. The molecular formula is C20H35IN4O3S. The van der Waals surface area contributed by atoms with Crippen molar-refractivity contribution in [1.29, 1.82) is 0 Å². The van der Waals surface area contributed by atoms with Crippen molar-refractivity contribution in [3.05, 3.63) is 23.8 Å². The van der Waals surface area contributed by atoms with Gasteiger partial charge in [-0.25, -0.2) is 0 Å². The van der Waals surface area contributed by atoms with Gasteiger partial charge in [0.05, 0.1) is 33.5 Å². The van der Waals surface area contributed by atoms with Gasteiger partial charge in [-0.15, -0.1) is 24.0 Å². The van der Waals surface area contributed by atoms with E-state index in [-0.39, 0.29) is 30.0 Å². The first kappa shape index (κ1) is 26.1. The molecular weight excluding hydrogens is 503 g/mol. The average Bonchev–Trinajstić information content (AvgIpc) is 2.75. The third-order valence-corrected chi connectivity index (χ3v) is 5.48. The molecule has 29 heavy (non-hydrogen) atoms. The summed E-state index contributed by atoms with van der Waals surface area (Å²) in [5.41, 5.74) is 1.19. The number of ether oxygens (including phenoxy) is 3. The van der Waals surface area contributed by atoms with Crippen molar-refractivity contribution in [3.8, 4) is 11.5 Å². The van der Waals surface area contributed by atoms with Crippen LogP contribution in [0.15, 0.2) is 23.2 Å². The molecule has 1 heterocycles. The van der Waals surface area contributed by atoms with Crippen molar-refractivity contribution in [1.82, 2.24) is 15.5 Å². The molecule has 1 aliphatic heterocycles. The van der Waals surface area contributed by atoms with Crippen molar-refractivity contribution < 1.29 is 14.2 Å². The fourth-order valence-electron chi connectivity index (χ4n) is 3.24. The zero-order valence-corrected chi connectivity index (χ0v) is 21.0. The second kappa shape index (κ2) is 15.0. The van der Waals surface area contributed by atoms with Gasteiger partial charge in [-0.3, -0.25) is 9.89 Å². The van der Waals surface area contributed by atoms with Gasteiger partial charge in [-0.2, -0.15) is 11.8 Å². The fraction of sp³-hybridized carbons (Fsp3) is 0.650. The number of hydrogen-bond donors (Lipinski definition) is 2. The van der Waals surface area contributed by atoms with Crippen LogP contribution in [0.25, 0.3) is 0 Å². The number of aliphatic imine (C=N–C) groups is 1. The second-order valence-electron chi connectivity index (χ2n) is 6.50. The van der Waals surface area contributed by atoms with Crippen molar-refractivity contribution in [2.45, 2.75) is 12.5 Å². The summed E-state index contributed by atoms with van der Waals surface area (Å²) in [5.74, 6) is 3.47. The molecule has 9 heteroatoms. The van der Waals surface area contributed by atoms with Crippen LogP contribution < -0.4 is 20.1 Å². The molecule has 1 unspecified atom stereocenters. The first-order chi connectivity index (χ1) is 13.7. The number of thioether (sulfide) groups is 1. The van der Waals surface area contributed by atoms with Gasteiger partial charge in [-0.1, -0.05) is 6.07 Å². The van der Waals surface area contributed by atoms with Crippen LogP contribution in [0.1, 0.15) is 18.0 Å². The highest BCUT2D eigenvalue weighted by Gasteiger charge is 2.24. The molecule has 2 rings (SSSR count). The SMILES string of the molecule is CN=C(NCCCSC)NCC(c1ccc(OC)c(OC)c1)N1CCOCC1.I. The van der Waals surface area contributed by atoms with E-state index in [0.717, 1.165) is 69.0 Å². The Morgan fingerprint density at radius 3 is 2.55 bits per heavy atom. The summed E-state index contributed by atoms with van der Waals surface area (Å²) in [6.07, 6.45) is 3.24. The number of morpholine rings is 1. The van der Waals surface area contributed by atoms with Crippen LogP contribution in [0, 0.1) is 0 Å². The minimum Gasteiger partial charge on any atom is -0.493 e. The molecule has 0 radical (unpaired) electrons. The van der Waals surface area contributed by atoms with Crippen molar-refractivity contribution in [2.75, 3.05) is 72.7 Å². The summed E-state index contributed by atoms with van der Waals surface area (Å²) < 4.78 is 16.4. The predicted molar refractivity (Wildman–Crippen MR) is 132 cm³/mol. The van der Waals surface area contributed by atoms with E-state index in [1.54, 1.807) is 14.2 Å². The van der Waals surface area contributed by atoms with Crippen molar-refractivity contribution in [3.63, 3.8) is 0 Å². The van der Waals surface area contributed by atoms with Crippen LogP contribution in [0.3, 0.4) is 0 Å². The molecule has 1 atom stereocenters. The van der Waals surface area contributed by atoms with E-state index >= 15 is 0 Å². The number of rotatable bonds is 10. The standard InChI is InChI=1S/C20H34N4O3S.HI/c1-21-20(22-8-5-13-28-4)23-15-17(24-9-11-27-12-10-24)16-6-7-18(25-2)19(14-16)26-3;/h6-7,14,17H,5,8-13,15H2,1-4H3,(H2,21,22,23);1H. The third-order valence-electron chi connectivity index (χ3n) is 4.78. The van der Waals surface area contributed by atoms with E-state index in [1.807, 2.05) is 24.9 Å². The number of halogens is 1. The topological polar surface area (TPSA) is 67.4 Å². The van der Waals surface area contributed by atoms with Crippen molar-refractivity contribution in [2.24, 2.45) is 4.99 Å². The number of guanidine groups is 1. The van der Waals surface area contributed by atoms with E-state index < -0.39 is 0 Å². The number of nitrogens with zero attached hydrogens (tertiary/aromatic N) is 2. The molecule has 0 aromatic heterocycles. The Bertz CT molecular complexity index is 615. The monoisotopic (exact) mass is 538 g/mol. The molecule has 0 aliphatic carbocycles. The molecule has 1 fully saturated rings. The molecule has 0 bridgehead atoms. The van der Waals surface area contributed by atoms with E-state index in [0.29, 0.717) is 0 Å². The highest BCUT2D eigenvalue weighted by molar-refractivity contribution is 14.0. The summed E-state index contributed by atoms with van der Waals surface area (Å²) in [7, 11) is 5.14. The molecule has 166 valence electrons. The van der Waals surface area contributed by atoms with Gasteiger partial charge in [0.1, 0.15) is 0 Å². The van der Waals surface area contributed by atoms with E-state index in [9.17, 15) is 0 Å². The number of nitrogens with one attached hydrogen (secondary N) is 2. The largest absolute Gasteiger partial charge is 0.493 e. The van der Waals surface area contributed by atoms with Crippen LogP contribution in [-0.4, -0.2) is 83.5 Å². The normalized spacial score (nSPS) is 15.9. The third kappa shape index (κ3) is 8.39. The first-order valence-corrected chi connectivity index (χ1v) is 11.1. The number of methoxy groups -OCH3 is 2. The smallest absolute Gasteiger partial charge is 0.191 e. The van der Waals surface area contributed by atoms with Gasteiger partial charge in [0, 0.05) is 33.2 Å². The summed E-state index contributed by atoms with van der Waals surface area (Å²) >= 11 is 1.86. The molecule has 0 spiro atoms. The lowest BCUT2D eigenvalue weighted by molar-refractivity contribution is 0.0169. The van der Waals surface area contributed by atoms with Gasteiger partial charge in [-0.05, 0) is 36.1 Å². The molecule has 1 aliphatic rings. The van der Waals surface area contributed by atoms with Crippen LogP contribution >= 0.6 is 35.7 Å². The predicted octanol–water partition coefficient (Wildman–Crippen LogP) is 2.61. The molecule has 0 saturated carbocycles. The fourth-order valence-corrected chi connectivity index (χ4v) is 3.68. The Morgan fingerprint density at radius 2 is 1.93 bits per heavy atom. The lowest BCUT2D eigenvalue weighted by atomic mass is 10.0. The maximum Gasteiger partial charge on any atom is 0.191 e. The van der Waals surface area contributed by atoms with Gasteiger partial charge in [0.2, 0.25) is 0 Å². The Morgan fingerprint density at radius 1 is 1.21 bits per heavy atom. The molecule has 7 nitrogen and oxygen atoms in total. The average molecular weight is 538 g/mol. The van der Waals surface area contributed by atoms with E-state index in [4.69, 9.17) is 14.2 Å². The van der Waals surface area contributed by atoms with Gasteiger partial charge in [0.15, 0.2) is 17.5 Å². The minimum absolute atomic E-state index is 0. The Balaban J connectivity index is 0.00000420. The van der Waals surface area contributed by atoms with Gasteiger partial charge in [0.25, 0.3) is 0 Å². The van der Waals surface area contributed by atoms with E-state index in [1.165, 1.54) is 5.56 Å². The first-order valence-electron chi connectivity index (χ1n) is 9.70. The van der Waals surface area contributed by atoms with Crippen LogP contribution in [0.5, 0.6) is 11.5 Å². The summed E-state index contributed by atoms with van der Waals surface area (Å²) in [6, 6.07) is 6.33. The maximum atomic E-state index is 5.55. The van der Waals surface area contributed by atoms with Gasteiger partial charge < -0.3 is 24.8 Å². The second-order valence-corrected chi connectivity index (χ2v) is 7.49. The van der Waals surface area contributed by atoms with E-state index in [2.05, 4.69) is 38.9 Å². The molecule has 2 N–H and O–H groups in total. The zero-order chi connectivity index (χ0) is 20.2. The zero-order valence-electron chi connectivity index (χ0n) is 17.9. The quantitative estimate of drug-likeness (QED) is 0.206. The lowest BCUT2D eigenvalue weighted by Gasteiger charge is -2.35. The van der Waals surface area contributed by atoms with Crippen LogP contribution in [0.2, 0.25) is 0 Å². The molecule has 1 saturated heterocycles. The molecule has 0 amide bonds. The Kier molecular flexibility index (Phi) is 13.5. The molecule has 1 aromatic rings. The van der Waals surface area contributed by atoms with Gasteiger partial charge >= 0.3 is 0 Å². The summed E-state index contributed by atoms with van der Waals surface area (Å²) in [6.45, 7) is 4.98. The maximum absolute atomic E-state index is 5.55.